The lowest BCUT2D eigenvalue weighted by atomic mass is 10.0. The first-order chi connectivity index (χ1) is 22.3. The molecule has 0 N–H and O–H groups in total. The fraction of sp³-hybridized carbons (Fsp3) is 0.500. The first kappa shape index (κ1) is 30.7. The number of fused-ring (bicyclic) bond motifs is 2. The summed E-state index contributed by atoms with van der Waals surface area (Å²) >= 11 is 1.90. The van der Waals surface area contributed by atoms with Crippen molar-refractivity contribution in [1.82, 2.24) is 24.8 Å². The summed E-state index contributed by atoms with van der Waals surface area (Å²) in [5.41, 5.74) is 4.35. The first-order valence-corrected chi connectivity index (χ1v) is 16.8. The van der Waals surface area contributed by atoms with Crippen LogP contribution in [0.2, 0.25) is 0 Å². The van der Waals surface area contributed by atoms with Crippen molar-refractivity contribution in [3.05, 3.63) is 60.1 Å². The molecule has 4 aliphatic heterocycles. The van der Waals surface area contributed by atoms with Crippen LogP contribution in [0, 0.1) is 18.3 Å². The highest BCUT2D eigenvalue weighted by Crippen LogP contribution is 2.56. The molecule has 1 aromatic carbocycles. The number of aromatic nitrogens is 3. The van der Waals surface area contributed by atoms with E-state index >= 15 is 0 Å². The molecule has 12 heteroatoms. The van der Waals surface area contributed by atoms with Crippen LogP contribution >= 0.6 is 11.8 Å². The molecule has 46 heavy (non-hydrogen) atoms. The number of nitrogens with zero attached hydrogens (tertiary/aromatic N) is 8. The van der Waals surface area contributed by atoms with Crippen LogP contribution in [0.15, 0.2) is 43.2 Å². The third-order valence-corrected chi connectivity index (χ3v) is 11.7. The molecule has 0 spiro atoms. The number of amides is 1. The molecule has 4 aliphatic rings. The Morgan fingerprint density at radius 1 is 1.26 bits per heavy atom. The number of benzene rings is 1. The topological polar surface area (TPSA) is 111 Å². The van der Waals surface area contributed by atoms with Gasteiger partial charge in [0, 0.05) is 48.7 Å². The maximum atomic E-state index is 12.6. The monoisotopic (exact) mass is 640 g/mol. The minimum Gasteiger partial charge on any atom is -0.462 e. The Morgan fingerprint density at radius 3 is 2.87 bits per heavy atom. The molecule has 3 saturated heterocycles. The lowest BCUT2D eigenvalue weighted by Gasteiger charge is -2.42. The summed E-state index contributed by atoms with van der Waals surface area (Å²) in [6, 6.07) is 9.15. The molecule has 0 aliphatic carbocycles. The van der Waals surface area contributed by atoms with Crippen LogP contribution in [0.25, 0.3) is 10.8 Å². The zero-order valence-corrected chi connectivity index (χ0v) is 27.5. The van der Waals surface area contributed by atoms with E-state index in [1.54, 1.807) is 4.90 Å². The summed E-state index contributed by atoms with van der Waals surface area (Å²) in [5.74, 6) is 0.696. The van der Waals surface area contributed by atoms with Gasteiger partial charge in [-0.25, -0.2) is 0 Å². The summed E-state index contributed by atoms with van der Waals surface area (Å²) in [7, 11) is 2.17. The highest BCUT2D eigenvalue weighted by molar-refractivity contribution is 8.08. The van der Waals surface area contributed by atoms with Gasteiger partial charge in [0.25, 0.3) is 0 Å². The van der Waals surface area contributed by atoms with Gasteiger partial charge in [-0.1, -0.05) is 24.8 Å². The van der Waals surface area contributed by atoms with Crippen molar-refractivity contribution in [2.24, 2.45) is 0 Å². The average Bonchev–Trinajstić information content (AvgIpc) is 3.72. The standard InChI is InChI=1S/C34H40N8O3S/c1-5-30(43)42-14-13-41(17-24(42)9-11-35)32-26-10-12-40(28-16-36-15-23-8-6-7-22(2)31(23)28)18-27(26)37-33(38-32)45-21-29-34(3,46-29)39(4)25-19-44-20-25/h5-8,15-16,24-25,29H,1,9-10,12-14,17-21H2,2-4H3/t24-,29?,34-/m0/s1. The molecule has 6 heterocycles. The number of aryl methyl sites for hydroxylation is 1. The van der Waals surface area contributed by atoms with Crippen molar-refractivity contribution >= 4 is 39.9 Å². The predicted octanol–water partition coefficient (Wildman–Crippen LogP) is 3.55. The number of piperazine rings is 1. The number of nitriles is 1. The van der Waals surface area contributed by atoms with Gasteiger partial charge in [0.15, 0.2) is 0 Å². The highest BCUT2D eigenvalue weighted by atomic mass is 32.2. The predicted molar refractivity (Wildman–Crippen MR) is 179 cm³/mol. The Labute approximate surface area is 274 Å². The Balaban J connectivity index is 1.19. The highest BCUT2D eigenvalue weighted by Gasteiger charge is 2.57. The normalized spacial score (nSPS) is 24.4. The molecule has 240 valence electrons. The number of rotatable bonds is 9. The smallest absolute Gasteiger partial charge is 0.318 e. The van der Waals surface area contributed by atoms with Crippen LogP contribution in [-0.4, -0.2) is 106 Å². The fourth-order valence-electron chi connectivity index (χ4n) is 7.01. The second kappa shape index (κ2) is 12.4. The molecule has 1 unspecified atom stereocenters. The number of hydrogen-bond donors (Lipinski definition) is 0. The van der Waals surface area contributed by atoms with Gasteiger partial charge < -0.3 is 24.2 Å². The molecule has 7 rings (SSSR count). The Hall–Kier alpha value is -3.92. The van der Waals surface area contributed by atoms with Crippen LogP contribution in [0.3, 0.4) is 0 Å². The molecule has 3 fully saturated rings. The van der Waals surface area contributed by atoms with Crippen LogP contribution in [0.1, 0.15) is 30.2 Å². The van der Waals surface area contributed by atoms with Crippen molar-refractivity contribution in [3.8, 4) is 12.1 Å². The van der Waals surface area contributed by atoms with Gasteiger partial charge in [0.05, 0.1) is 72.0 Å². The molecule has 1 amide bonds. The van der Waals surface area contributed by atoms with Crippen LogP contribution in [0.4, 0.5) is 11.5 Å². The van der Waals surface area contributed by atoms with E-state index in [4.69, 9.17) is 19.4 Å². The quantitative estimate of drug-likeness (QED) is 0.253. The SMILES string of the molecule is C=CC(=O)N1CCN(c2nc(OCC3S[C@]3(C)N(C)C3COC3)nc3c2CCN(c2cncc4cccc(C)c24)C3)C[C@@H]1CC#N. The summed E-state index contributed by atoms with van der Waals surface area (Å²) in [4.78, 5) is 35.9. The Bertz CT molecular complexity index is 1700. The number of hydrogen-bond acceptors (Lipinski definition) is 11. The van der Waals surface area contributed by atoms with Crippen molar-refractivity contribution in [2.45, 2.75) is 55.4 Å². The van der Waals surface area contributed by atoms with Gasteiger partial charge in [0.2, 0.25) is 5.91 Å². The van der Waals surface area contributed by atoms with Crippen LogP contribution in [-0.2, 0) is 22.5 Å². The van der Waals surface area contributed by atoms with Gasteiger partial charge in [-0.3, -0.25) is 14.7 Å². The first-order valence-electron chi connectivity index (χ1n) is 15.9. The van der Waals surface area contributed by atoms with E-state index in [0.29, 0.717) is 50.1 Å². The second-order valence-corrected chi connectivity index (χ2v) is 14.4. The minimum atomic E-state index is -0.251. The number of carbonyl (C=O) groups is 1. The molecule has 0 bridgehead atoms. The Kier molecular flexibility index (Phi) is 8.25. The van der Waals surface area contributed by atoms with Crippen molar-refractivity contribution in [3.63, 3.8) is 0 Å². The van der Waals surface area contributed by atoms with E-state index in [-0.39, 0.29) is 23.2 Å². The molecule has 2 aromatic heterocycles. The van der Waals surface area contributed by atoms with Gasteiger partial charge in [-0.05, 0) is 39.0 Å². The lowest BCUT2D eigenvalue weighted by Crippen LogP contribution is -2.55. The molecule has 0 saturated carbocycles. The number of likely N-dealkylation sites (N-methyl/N-ethyl adjacent to an activating group) is 1. The van der Waals surface area contributed by atoms with E-state index < -0.39 is 0 Å². The fourth-order valence-corrected chi connectivity index (χ4v) is 8.20. The second-order valence-electron chi connectivity index (χ2n) is 12.7. The maximum absolute atomic E-state index is 12.6. The van der Waals surface area contributed by atoms with Gasteiger partial charge >= 0.3 is 6.01 Å². The van der Waals surface area contributed by atoms with Crippen molar-refractivity contribution in [2.75, 3.05) is 62.8 Å². The van der Waals surface area contributed by atoms with Crippen molar-refractivity contribution in [1.29, 1.82) is 5.26 Å². The largest absolute Gasteiger partial charge is 0.462 e. The number of anilines is 2. The number of pyridine rings is 1. The number of thioether (sulfide) groups is 1. The van der Waals surface area contributed by atoms with E-state index in [9.17, 15) is 10.1 Å². The molecule has 11 nitrogen and oxygen atoms in total. The minimum absolute atomic E-state index is 0.0000435. The molecular weight excluding hydrogens is 600 g/mol. The maximum Gasteiger partial charge on any atom is 0.318 e. The van der Waals surface area contributed by atoms with Crippen molar-refractivity contribution < 1.29 is 14.3 Å². The Morgan fingerprint density at radius 2 is 2.11 bits per heavy atom. The number of carbonyl (C=O) groups excluding carboxylic acids is 1. The molecular formula is C34H40N8O3S. The van der Waals surface area contributed by atoms with E-state index in [2.05, 4.69) is 71.4 Å². The zero-order valence-electron chi connectivity index (χ0n) is 26.7. The average molecular weight is 641 g/mol. The van der Waals surface area contributed by atoms with E-state index in [0.717, 1.165) is 54.3 Å². The molecule has 0 radical (unpaired) electrons. The summed E-state index contributed by atoms with van der Waals surface area (Å²) in [6.07, 6.45) is 6.20. The summed E-state index contributed by atoms with van der Waals surface area (Å²) in [6.45, 7) is 13.1. The zero-order chi connectivity index (χ0) is 32.0. The van der Waals surface area contributed by atoms with Crippen LogP contribution < -0.4 is 14.5 Å². The summed E-state index contributed by atoms with van der Waals surface area (Å²) < 4.78 is 11.8. The van der Waals surface area contributed by atoms with Gasteiger partial charge in [-0.2, -0.15) is 15.2 Å². The van der Waals surface area contributed by atoms with Gasteiger partial charge in [-0.15, -0.1) is 11.8 Å². The molecule has 3 aromatic rings. The lowest BCUT2D eigenvalue weighted by molar-refractivity contribution is -0.128. The van der Waals surface area contributed by atoms with Gasteiger partial charge in [0.1, 0.15) is 12.4 Å². The van der Waals surface area contributed by atoms with E-state index in [1.165, 1.54) is 17.0 Å². The summed E-state index contributed by atoms with van der Waals surface area (Å²) in [5, 5.41) is 12.2. The third kappa shape index (κ3) is 5.54. The number of ether oxygens (including phenoxy) is 2. The third-order valence-electron chi connectivity index (χ3n) is 10.1. The molecule has 3 atom stereocenters. The van der Waals surface area contributed by atoms with Crippen LogP contribution in [0.5, 0.6) is 6.01 Å². The van der Waals surface area contributed by atoms with E-state index in [1.807, 2.05) is 24.2 Å².